The number of H-pyrrole nitrogens is 1. The van der Waals surface area contributed by atoms with Gasteiger partial charge in [0.2, 0.25) is 5.91 Å². The largest absolute Gasteiger partial charge is 0.327 e. The maximum Gasteiger partial charge on any atom is 0.227 e. The minimum absolute atomic E-state index is 0.120. The van der Waals surface area contributed by atoms with Crippen molar-refractivity contribution in [2.45, 2.75) is 38.1 Å². The molecule has 1 heterocycles. The fourth-order valence-electron chi connectivity index (χ4n) is 3.57. The molecule has 2 unspecified atom stereocenters. The highest BCUT2D eigenvalue weighted by Crippen LogP contribution is 2.42. The number of amides is 1. The number of nitrogens with one attached hydrogen (secondary N) is 2. The van der Waals surface area contributed by atoms with Crippen molar-refractivity contribution in [3.05, 3.63) is 12.4 Å². The third-order valence-electron chi connectivity index (χ3n) is 4.55. The van der Waals surface area contributed by atoms with Gasteiger partial charge in [-0.05, 0) is 37.5 Å². The predicted octanol–water partition coefficient (Wildman–Crippen LogP) is 1.50. The lowest BCUT2D eigenvalue weighted by Gasteiger charge is -2.43. The Morgan fingerprint density at radius 3 is 2.72 bits per heavy atom. The van der Waals surface area contributed by atoms with Crippen LogP contribution in [0.3, 0.4) is 0 Å². The first kappa shape index (κ1) is 11.7. The minimum atomic E-state index is 0.120. The van der Waals surface area contributed by atoms with Crippen LogP contribution in [-0.4, -0.2) is 22.1 Å². The molecule has 2 aliphatic rings. The summed E-state index contributed by atoms with van der Waals surface area (Å²) >= 11 is 0. The van der Waals surface area contributed by atoms with Crippen molar-refractivity contribution < 1.29 is 4.79 Å². The molecule has 0 aliphatic heterocycles. The van der Waals surface area contributed by atoms with Crippen LogP contribution in [0.25, 0.3) is 0 Å². The number of aromatic amines is 1. The van der Waals surface area contributed by atoms with Gasteiger partial charge in [-0.3, -0.25) is 9.89 Å². The maximum atomic E-state index is 12.2. The third-order valence-corrected chi connectivity index (χ3v) is 4.55. The molecule has 4 N–H and O–H groups in total. The molecule has 2 bridgehead atoms. The Morgan fingerprint density at radius 1 is 1.39 bits per heavy atom. The van der Waals surface area contributed by atoms with Gasteiger partial charge < -0.3 is 11.1 Å². The fourth-order valence-corrected chi connectivity index (χ4v) is 3.57. The highest BCUT2D eigenvalue weighted by atomic mass is 16.1. The molecule has 2 atom stereocenters. The fraction of sp³-hybridized carbons (Fsp3) is 0.692. The number of carbonyl (C=O) groups is 1. The number of nitrogens with zero attached hydrogens (tertiary/aromatic N) is 1. The second kappa shape index (κ2) is 4.72. The van der Waals surface area contributed by atoms with Gasteiger partial charge in [0.1, 0.15) is 0 Å². The number of fused-ring (bicyclic) bond motifs is 2. The average molecular weight is 248 g/mol. The van der Waals surface area contributed by atoms with E-state index in [0.29, 0.717) is 17.9 Å². The van der Waals surface area contributed by atoms with Crippen LogP contribution in [0.1, 0.15) is 32.1 Å². The molecular weight excluding hydrogens is 228 g/mol. The highest BCUT2D eigenvalue weighted by molar-refractivity contribution is 5.92. The summed E-state index contributed by atoms with van der Waals surface area (Å²) in [5, 5.41) is 9.45. The van der Waals surface area contributed by atoms with Crippen LogP contribution in [0.4, 0.5) is 5.69 Å². The molecular formula is C13H20N4O. The van der Waals surface area contributed by atoms with E-state index in [1.165, 1.54) is 19.3 Å². The van der Waals surface area contributed by atoms with E-state index < -0.39 is 0 Å². The standard InChI is InChI=1S/C13H20N4O/c14-12-8-2-1-3-9(12)5-10(4-8)13(18)17-11-6-15-16-7-11/h6-10,12H,1-5,14H2,(H,15,16)(H,17,18). The topological polar surface area (TPSA) is 83.8 Å². The molecule has 3 rings (SSSR count). The molecule has 0 spiro atoms. The number of nitrogens with two attached hydrogens (primary N) is 1. The van der Waals surface area contributed by atoms with E-state index in [-0.39, 0.29) is 11.8 Å². The second-order valence-corrected chi connectivity index (χ2v) is 5.67. The predicted molar refractivity (Wildman–Crippen MR) is 68.7 cm³/mol. The lowest BCUT2D eigenvalue weighted by Crippen LogP contribution is -2.48. The Hall–Kier alpha value is -1.36. The Balaban J connectivity index is 1.65. The molecule has 2 saturated carbocycles. The van der Waals surface area contributed by atoms with E-state index in [9.17, 15) is 4.79 Å². The zero-order valence-electron chi connectivity index (χ0n) is 10.4. The van der Waals surface area contributed by atoms with Crippen molar-refractivity contribution >= 4 is 11.6 Å². The monoisotopic (exact) mass is 248 g/mol. The van der Waals surface area contributed by atoms with Crippen molar-refractivity contribution in [3.8, 4) is 0 Å². The summed E-state index contributed by atoms with van der Waals surface area (Å²) in [6.07, 6.45) is 8.88. The first-order valence-corrected chi connectivity index (χ1v) is 6.79. The van der Waals surface area contributed by atoms with Gasteiger partial charge in [0.15, 0.2) is 0 Å². The van der Waals surface area contributed by atoms with Gasteiger partial charge in [-0.15, -0.1) is 0 Å². The molecule has 0 saturated heterocycles. The van der Waals surface area contributed by atoms with E-state index in [0.717, 1.165) is 18.5 Å². The number of carbonyl (C=O) groups excluding carboxylic acids is 1. The van der Waals surface area contributed by atoms with Gasteiger partial charge in [-0.25, -0.2) is 0 Å². The Morgan fingerprint density at radius 2 is 2.11 bits per heavy atom. The summed E-state index contributed by atoms with van der Waals surface area (Å²) in [6.45, 7) is 0. The SMILES string of the molecule is NC1C2CCCC1CC(C(=O)Nc1cn[nH]c1)C2. The van der Waals surface area contributed by atoms with Gasteiger partial charge in [-0.1, -0.05) is 6.42 Å². The van der Waals surface area contributed by atoms with Crippen molar-refractivity contribution in [1.82, 2.24) is 10.2 Å². The van der Waals surface area contributed by atoms with E-state index in [1.807, 2.05) is 0 Å². The molecule has 2 fully saturated rings. The van der Waals surface area contributed by atoms with Crippen molar-refractivity contribution in [3.63, 3.8) is 0 Å². The zero-order valence-corrected chi connectivity index (χ0v) is 10.4. The van der Waals surface area contributed by atoms with Crippen molar-refractivity contribution in [2.24, 2.45) is 23.5 Å². The first-order valence-electron chi connectivity index (χ1n) is 6.79. The number of hydrogen-bond acceptors (Lipinski definition) is 3. The van der Waals surface area contributed by atoms with Gasteiger partial charge in [0.25, 0.3) is 0 Å². The van der Waals surface area contributed by atoms with Gasteiger partial charge in [-0.2, -0.15) is 5.10 Å². The normalized spacial score (nSPS) is 35.2. The molecule has 1 amide bonds. The Kier molecular flexibility index (Phi) is 3.07. The van der Waals surface area contributed by atoms with Gasteiger partial charge in [0.05, 0.1) is 11.9 Å². The molecule has 2 aliphatic carbocycles. The molecule has 1 aromatic heterocycles. The van der Waals surface area contributed by atoms with E-state index in [1.54, 1.807) is 12.4 Å². The van der Waals surface area contributed by atoms with E-state index in [2.05, 4.69) is 15.5 Å². The van der Waals surface area contributed by atoms with Crippen LogP contribution in [0.5, 0.6) is 0 Å². The van der Waals surface area contributed by atoms with Crippen molar-refractivity contribution in [1.29, 1.82) is 0 Å². The Bertz CT molecular complexity index is 403. The summed E-state index contributed by atoms with van der Waals surface area (Å²) in [6, 6.07) is 0.316. The molecule has 98 valence electrons. The highest BCUT2D eigenvalue weighted by Gasteiger charge is 2.40. The van der Waals surface area contributed by atoms with E-state index in [4.69, 9.17) is 5.73 Å². The average Bonchev–Trinajstić information content (AvgIpc) is 2.81. The number of anilines is 1. The van der Waals surface area contributed by atoms with Crippen LogP contribution in [-0.2, 0) is 4.79 Å². The molecule has 0 aromatic carbocycles. The summed E-state index contributed by atoms with van der Waals surface area (Å²) in [5.74, 6) is 1.32. The summed E-state index contributed by atoms with van der Waals surface area (Å²) in [7, 11) is 0. The lowest BCUT2D eigenvalue weighted by molar-refractivity contribution is -0.122. The van der Waals surface area contributed by atoms with E-state index >= 15 is 0 Å². The van der Waals surface area contributed by atoms with Crippen LogP contribution in [0.2, 0.25) is 0 Å². The zero-order chi connectivity index (χ0) is 12.5. The molecule has 1 aromatic rings. The maximum absolute atomic E-state index is 12.2. The van der Waals surface area contributed by atoms with Crippen LogP contribution in [0, 0.1) is 17.8 Å². The van der Waals surface area contributed by atoms with Gasteiger partial charge in [0, 0.05) is 18.2 Å². The minimum Gasteiger partial charge on any atom is -0.327 e. The van der Waals surface area contributed by atoms with Crippen LogP contribution in [0.15, 0.2) is 12.4 Å². The molecule has 5 nitrogen and oxygen atoms in total. The second-order valence-electron chi connectivity index (χ2n) is 5.67. The van der Waals surface area contributed by atoms with Crippen molar-refractivity contribution in [2.75, 3.05) is 5.32 Å². The smallest absolute Gasteiger partial charge is 0.227 e. The number of hydrogen-bond donors (Lipinski definition) is 3. The summed E-state index contributed by atoms with van der Waals surface area (Å²) < 4.78 is 0. The number of aromatic nitrogens is 2. The quantitative estimate of drug-likeness (QED) is 0.741. The first-order chi connectivity index (χ1) is 8.74. The van der Waals surface area contributed by atoms with Crippen LogP contribution >= 0.6 is 0 Å². The molecule has 5 heteroatoms. The third kappa shape index (κ3) is 2.14. The van der Waals surface area contributed by atoms with Gasteiger partial charge >= 0.3 is 0 Å². The molecule has 0 radical (unpaired) electrons. The summed E-state index contributed by atoms with van der Waals surface area (Å²) in [4.78, 5) is 12.2. The number of rotatable bonds is 2. The Labute approximate surface area is 107 Å². The summed E-state index contributed by atoms with van der Waals surface area (Å²) in [5.41, 5.74) is 6.99. The van der Waals surface area contributed by atoms with Crippen LogP contribution < -0.4 is 11.1 Å². The molecule has 18 heavy (non-hydrogen) atoms. The lowest BCUT2D eigenvalue weighted by atomic mass is 9.65.